The highest BCUT2D eigenvalue weighted by Gasteiger charge is 2.09. The van der Waals surface area contributed by atoms with Crippen LogP contribution in [0.1, 0.15) is 20.3 Å². The summed E-state index contributed by atoms with van der Waals surface area (Å²) in [7, 11) is 2.00. The molecule has 1 heterocycles. The number of imidazole rings is 1. The zero-order chi connectivity index (χ0) is 12.5. The van der Waals surface area contributed by atoms with E-state index in [1.165, 1.54) is 0 Å². The molecule has 0 spiro atoms. The molecule has 0 bridgehead atoms. The van der Waals surface area contributed by atoms with Crippen LogP contribution in [0.4, 0.5) is 5.69 Å². The molecular formula is C13H20N4. The van der Waals surface area contributed by atoms with E-state index in [2.05, 4.69) is 28.5 Å². The van der Waals surface area contributed by atoms with E-state index in [9.17, 15) is 0 Å². The van der Waals surface area contributed by atoms with E-state index in [-0.39, 0.29) is 5.54 Å². The third-order valence-electron chi connectivity index (χ3n) is 2.82. The average Bonchev–Trinajstić information content (AvgIpc) is 2.58. The van der Waals surface area contributed by atoms with Gasteiger partial charge in [-0.25, -0.2) is 4.98 Å². The first kappa shape index (κ1) is 11.9. The average molecular weight is 232 g/mol. The van der Waals surface area contributed by atoms with Crippen molar-refractivity contribution in [2.75, 3.05) is 11.9 Å². The molecule has 17 heavy (non-hydrogen) atoms. The number of anilines is 1. The lowest BCUT2D eigenvalue weighted by Crippen LogP contribution is -2.34. The lowest BCUT2D eigenvalue weighted by Gasteiger charge is -2.18. The quantitative estimate of drug-likeness (QED) is 0.849. The van der Waals surface area contributed by atoms with Crippen LogP contribution in [0.5, 0.6) is 0 Å². The second-order valence-electron chi connectivity index (χ2n) is 5.22. The highest BCUT2D eigenvalue weighted by atomic mass is 15.0. The van der Waals surface area contributed by atoms with E-state index >= 15 is 0 Å². The van der Waals surface area contributed by atoms with Crippen molar-refractivity contribution in [1.29, 1.82) is 0 Å². The van der Waals surface area contributed by atoms with E-state index in [1.807, 2.05) is 31.8 Å². The second-order valence-corrected chi connectivity index (χ2v) is 5.22. The fraction of sp³-hybridized carbons (Fsp3) is 0.462. The number of rotatable bonds is 4. The summed E-state index contributed by atoms with van der Waals surface area (Å²) in [5, 5.41) is 3.37. The minimum atomic E-state index is -0.123. The molecule has 2 aromatic rings. The van der Waals surface area contributed by atoms with Gasteiger partial charge in [-0.2, -0.15) is 0 Å². The molecule has 4 nitrogen and oxygen atoms in total. The van der Waals surface area contributed by atoms with Crippen LogP contribution in [0, 0.1) is 0 Å². The zero-order valence-corrected chi connectivity index (χ0v) is 10.7. The van der Waals surface area contributed by atoms with Gasteiger partial charge in [0.05, 0.1) is 17.4 Å². The number of hydrogen-bond acceptors (Lipinski definition) is 3. The van der Waals surface area contributed by atoms with E-state index in [4.69, 9.17) is 5.73 Å². The maximum absolute atomic E-state index is 5.94. The van der Waals surface area contributed by atoms with Gasteiger partial charge >= 0.3 is 0 Å². The Bertz CT molecular complexity index is 508. The van der Waals surface area contributed by atoms with Crippen molar-refractivity contribution in [2.45, 2.75) is 25.8 Å². The molecule has 0 radical (unpaired) electrons. The number of nitrogens with zero attached hydrogens (tertiary/aromatic N) is 2. The smallest absolute Gasteiger partial charge is 0.0955 e. The van der Waals surface area contributed by atoms with Gasteiger partial charge in [-0.3, -0.25) is 0 Å². The molecule has 1 aromatic carbocycles. The summed E-state index contributed by atoms with van der Waals surface area (Å²) in [6.07, 6.45) is 2.77. The van der Waals surface area contributed by atoms with Crippen molar-refractivity contribution in [3.8, 4) is 0 Å². The number of hydrogen-bond donors (Lipinski definition) is 2. The van der Waals surface area contributed by atoms with Gasteiger partial charge in [0.2, 0.25) is 0 Å². The molecule has 0 saturated carbocycles. The Balaban J connectivity index is 2.04. The molecular weight excluding hydrogens is 212 g/mol. The van der Waals surface area contributed by atoms with Crippen molar-refractivity contribution < 1.29 is 0 Å². The largest absolute Gasteiger partial charge is 0.385 e. The van der Waals surface area contributed by atoms with Crippen molar-refractivity contribution in [3.63, 3.8) is 0 Å². The van der Waals surface area contributed by atoms with Crippen LogP contribution in [-0.4, -0.2) is 21.6 Å². The number of aryl methyl sites for hydroxylation is 1. The van der Waals surface area contributed by atoms with E-state index in [1.54, 1.807) is 0 Å². The molecule has 4 heteroatoms. The monoisotopic (exact) mass is 232 g/mol. The van der Waals surface area contributed by atoms with Gasteiger partial charge in [0.15, 0.2) is 0 Å². The zero-order valence-electron chi connectivity index (χ0n) is 10.7. The van der Waals surface area contributed by atoms with Crippen molar-refractivity contribution in [2.24, 2.45) is 12.8 Å². The molecule has 0 fully saturated rings. The molecule has 92 valence electrons. The number of aromatic nitrogens is 2. The summed E-state index contributed by atoms with van der Waals surface area (Å²) in [6.45, 7) is 4.95. The predicted octanol–water partition coefficient (Wildman–Crippen LogP) is 2.11. The third-order valence-corrected chi connectivity index (χ3v) is 2.82. The summed E-state index contributed by atoms with van der Waals surface area (Å²) >= 11 is 0. The standard InChI is InChI=1S/C13H20N4/c1-13(2,14)6-7-15-10-4-5-12-11(8-10)16-9-17(12)3/h4-5,8-9,15H,6-7,14H2,1-3H3. The topological polar surface area (TPSA) is 55.9 Å². The highest BCUT2D eigenvalue weighted by molar-refractivity contribution is 5.79. The van der Waals surface area contributed by atoms with Crippen LogP contribution in [0.3, 0.4) is 0 Å². The first-order valence-electron chi connectivity index (χ1n) is 5.89. The summed E-state index contributed by atoms with van der Waals surface area (Å²) in [4.78, 5) is 4.33. The second kappa shape index (κ2) is 4.37. The Labute approximate surface area is 102 Å². The fourth-order valence-electron chi connectivity index (χ4n) is 1.78. The summed E-state index contributed by atoms with van der Waals surface area (Å²) in [5.74, 6) is 0. The van der Waals surface area contributed by atoms with Crippen molar-refractivity contribution >= 4 is 16.7 Å². The first-order chi connectivity index (χ1) is 7.96. The van der Waals surface area contributed by atoms with Crippen LogP contribution in [0.15, 0.2) is 24.5 Å². The van der Waals surface area contributed by atoms with Crippen LogP contribution >= 0.6 is 0 Å². The summed E-state index contributed by atoms with van der Waals surface area (Å²) < 4.78 is 2.02. The summed E-state index contributed by atoms with van der Waals surface area (Å²) in [6, 6.07) is 6.23. The van der Waals surface area contributed by atoms with E-state index < -0.39 is 0 Å². The molecule has 0 saturated heterocycles. The minimum Gasteiger partial charge on any atom is -0.385 e. The van der Waals surface area contributed by atoms with E-state index in [0.717, 1.165) is 29.7 Å². The van der Waals surface area contributed by atoms with Crippen LogP contribution in [-0.2, 0) is 7.05 Å². The fourth-order valence-corrected chi connectivity index (χ4v) is 1.78. The molecule has 0 atom stereocenters. The molecule has 1 aromatic heterocycles. The van der Waals surface area contributed by atoms with Crippen LogP contribution < -0.4 is 11.1 Å². The normalized spacial score (nSPS) is 12.0. The Morgan fingerprint density at radius 2 is 2.18 bits per heavy atom. The van der Waals surface area contributed by atoms with Crippen molar-refractivity contribution in [3.05, 3.63) is 24.5 Å². The molecule has 0 aliphatic carbocycles. The minimum absolute atomic E-state index is 0.123. The van der Waals surface area contributed by atoms with Gasteiger partial charge < -0.3 is 15.6 Å². The Morgan fingerprint density at radius 1 is 1.41 bits per heavy atom. The molecule has 0 amide bonds. The predicted molar refractivity (Wildman–Crippen MR) is 72.1 cm³/mol. The summed E-state index contributed by atoms with van der Waals surface area (Å²) in [5.41, 5.74) is 9.08. The Morgan fingerprint density at radius 3 is 2.88 bits per heavy atom. The maximum atomic E-state index is 5.94. The number of benzene rings is 1. The van der Waals surface area contributed by atoms with Crippen LogP contribution in [0.25, 0.3) is 11.0 Å². The Kier molecular flexibility index (Phi) is 3.07. The van der Waals surface area contributed by atoms with Gasteiger partial charge in [-0.05, 0) is 38.5 Å². The number of fused-ring (bicyclic) bond motifs is 1. The lowest BCUT2D eigenvalue weighted by atomic mass is 10.0. The Hall–Kier alpha value is -1.55. The van der Waals surface area contributed by atoms with Crippen LogP contribution in [0.2, 0.25) is 0 Å². The number of nitrogens with one attached hydrogen (secondary N) is 1. The maximum Gasteiger partial charge on any atom is 0.0955 e. The highest BCUT2D eigenvalue weighted by Crippen LogP contribution is 2.17. The lowest BCUT2D eigenvalue weighted by molar-refractivity contribution is 0.491. The van der Waals surface area contributed by atoms with Gasteiger partial charge in [-0.1, -0.05) is 0 Å². The molecule has 0 aliphatic rings. The van der Waals surface area contributed by atoms with Crippen molar-refractivity contribution in [1.82, 2.24) is 9.55 Å². The van der Waals surface area contributed by atoms with E-state index in [0.29, 0.717) is 0 Å². The number of nitrogens with two attached hydrogens (primary N) is 1. The molecule has 0 aliphatic heterocycles. The molecule has 0 unspecified atom stereocenters. The van der Waals surface area contributed by atoms with Gasteiger partial charge in [0, 0.05) is 24.8 Å². The van der Waals surface area contributed by atoms with Gasteiger partial charge in [0.25, 0.3) is 0 Å². The third kappa shape index (κ3) is 2.97. The van der Waals surface area contributed by atoms with Gasteiger partial charge in [0.1, 0.15) is 0 Å². The molecule has 2 rings (SSSR count). The first-order valence-corrected chi connectivity index (χ1v) is 5.89. The van der Waals surface area contributed by atoms with Gasteiger partial charge in [-0.15, -0.1) is 0 Å². The SMILES string of the molecule is Cn1cnc2cc(NCCC(C)(C)N)ccc21. The molecule has 3 N–H and O–H groups in total.